The Hall–Kier alpha value is -3.89. The van der Waals surface area contributed by atoms with Crippen LogP contribution in [0, 0.1) is 10.1 Å². The van der Waals surface area contributed by atoms with Crippen LogP contribution in [0.4, 0.5) is 17.1 Å². The van der Waals surface area contributed by atoms with E-state index in [2.05, 4.69) is 10.6 Å². The number of hydrogen-bond acceptors (Lipinski definition) is 6. The zero-order valence-corrected chi connectivity index (χ0v) is 19.2. The molecule has 0 saturated carbocycles. The average Bonchev–Trinajstić information content (AvgIpc) is 2.81. The second-order valence-corrected chi connectivity index (χ2v) is 8.86. The van der Waals surface area contributed by atoms with Gasteiger partial charge in [0.25, 0.3) is 11.6 Å². The van der Waals surface area contributed by atoms with Crippen molar-refractivity contribution >= 4 is 58.2 Å². The molecule has 0 aromatic heterocycles. The van der Waals surface area contributed by atoms with Crippen LogP contribution >= 0.6 is 23.4 Å². The summed E-state index contributed by atoms with van der Waals surface area (Å²) in [7, 11) is 0. The zero-order valence-electron chi connectivity index (χ0n) is 17.7. The van der Waals surface area contributed by atoms with E-state index in [0.29, 0.717) is 11.4 Å². The number of nitro benzene ring substituents is 1. The maximum atomic E-state index is 12.5. The van der Waals surface area contributed by atoms with E-state index in [1.807, 2.05) is 0 Å². The molecule has 3 aromatic rings. The zero-order chi connectivity index (χ0) is 24.8. The first-order chi connectivity index (χ1) is 16.1. The maximum absolute atomic E-state index is 12.5. The molecular formula is C23H18ClN3O6S. The number of thioether (sulfide) groups is 1. The molecule has 9 nitrogen and oxygen atoms in total. The molecule has 2 amide bonds. The van der Waals surface area contributed by atoms with E-state index in [4.69, 9.17) is 16.7 Å². The molecule has 3 aromatic carbocycles. The van der Waals surface area contributed by atoms with Crippen LogP contribution in [-0.4, -0.2) is 33.1 Å². The van der Waals surface area contributed by atoms with Crippen LogP contribution in [0.1, 0.15) is 27.6 Å². The third-order valence-electron chi connectivity index (χ3n) is 4.58. The van der Waals surface area contributed by atoms with Gasteiger partial charge in [0.2, 0.25) is 5.91 Å². The molecule has 34 heavy (non-hydrogen) atoms. The summed E-state index contributed by atoms with van der Waals surface area (Å²) in [5, 5.41) is 24.9. The molecular weight excluding hydrogens is 482 g/mol. The molecule has 0 saturated heterocycles. The molecule has 1 atom stereocenters. The number of nitro groups is 1. The quantitative estimate of drug-likeness (QED) is 0.216. The lowest BCUT2D eigenvalue weighted by Crippen LogP contribution is -2.22. The topological polar surface area (TPSA) is 139 Å². The molecule has 0 aliphatic rings. The van der Waals surface area contributed by atoms with Crippen molar-refractivity contribution in [1.29, 1.82) is 0 Å². The number of carbonyl (C=O) groups is 3. The van der Waals surface area contributed by atoms with Crippen LogP contribution in [0.25, 0.3) is 0 Å². The number of nitrogens with zero attached hydrogens (tertiary/aromatic N) is 1. The largest absolute Gasteiger partial charge is 0.478 e. The lowest BCUT2D eigenvalue weighted by atomic mass is 10.2. The highest BCUT2D eigenvalue weighted by atomic mass is 35.5. The minimum absolute atomic E-state index is 0.0746. The number of halogens is 1. The number of rotatable bonds is 8. The van der Waals surface area contributed by atoms with Crippen LogP contribution in [0.3, 0.4) is 0 Å². The van der Waals surface area contributed by atoms with Crippen molar-refractivity contribution in [2.24, 2.45) is 0 Å². The van der Waals surface area contributed by atoms with Crippen molar-refractivity contribution in [3.63, 3.8) is 0 Å². The lowest BCUT2D eigenvalue weighted by molar-refractivity contribution is -0.384. The number of anilines is 2. The second-order valence-electron chi connectivity index (χ2n) is 7.04. The van der Waals surface area contributed by atoms with Gasteiger partial charge in [-0.25, -0.2) is 4.79 Å². The van der Waals surface area contributed by atoms with E-state index in [9.17, 15) is 24.5 Å². The Labute approximate surface area is 203 Å². The highest BCUT2D eigenvalue weighted by Gasteiger charge is 2.17. The van der Waals surface area contributed by atoms with Crippen LogP contribution in [0.15, 0.2) is 71.6 Å². The van der Waals surface area contributed by atoms with Crippen molar-refractivity contribution in [1.82, 2.24) is 0 Å². The highest BCUT2D eigenvalue weighted by Crippen LogP contribution is 2.27. The second kappa shape index (κ2) is 10.8. The molecule has 3 rings (SSSR count). The van der Waals surface area contributed by atoms with Crippen LogP contribution in [0.2, 0.25) is 5.02 Å². The number of carboxylic acids is 1. The van der Waals surface area contributed by atoms with Gasteiger partial charge >= 0.3 is 5.97 Å². The summed E-state index contributed by atoms with van der Waals surface area (Å²) in [4.78, 5) is 47.1. The standard InChI is InChI=1S/C23H18ClN3O6S/c1-13(21(28)26-16-7-10-20(24)19(12-16)23(30)31)34-18-8-5-15(6-9-18)25-22(29)14-3-2-4-17(11-14)27(32)33/h2-13H,1H3,(H,25,29)(H,26,28)(H,30,31). The summed E-state index contributed by atoms with van der Waals surface area (Å²) in [6, 6.07) is 16.4. The Bertz CT molecular complexity index is 1270. The van der Waals surface area contributed by atoms with Gasteiger partial charge in [0.1, 0.15) is 0 Å². The summed E-state index contributed by atoms with van der Waals surface area (Å²) in [5.41, 5.74) is 0.678. The molecule has 0 aliphatic heterocycles. The van der Waals surface area contributed by atoms with Gasteiger partial charge in [-0.3, -0.25) is 19.7 Å². The maximum Gasteiger partial charge on any atom is 0.337 e. The number of carboxylic acid groups (broad SMARTS) is 1. The molecule has 0 aliphatic carbocycles. The molecule has 0 fully saturated rings. The number of aromatic carboxylic acids is 1. The Morgan fingerprint density at radius 2 is 1.68 bits per heavy atom. The summed E-state index contributed by atoms with van der Waals surface area (Å²) >= 11 is 7.12. The molecule has 174 valence electrons. The van der Waals surface area contributed by atoms with Crippen molar-refractivity contribution in [3.05, 3.63) is 93.0 Å². The molecule has 0 heterocycles. The Balaban J connectivity index is 1.59. The summed E-state index contributed by atoms with van der Waals surface area (Å²) in [6.45, 7) is 1.70. The van der Waals surface area contributed by atoms with Crippen LogP contribution in [0.5, 0.6) is 0 Å². The summed E-state index contributed by atoms with van der Waals surface area (Å²) in [5.74, 6) is -2.01. The fraction of sp³-hybridized carbons (Fsp3) is 0.0870. The van der Waals surface area contributed by atoms with Gasteiger partial charge in [-0.2, -0.15) is 0 Å². The van der Waals surface area contributed by atoms with Gasteiger partial charge in [-0.05, 0) is 55.5 Å². The van der Waals surface area contributed by atoms with E-state index >= 15 is 0 Å². The fourth-order valence-electron chi connectivity index (χ4n) is 2.85. The minimum Gasteiger partial charge on any atom is -0.478 e. The van der Waals surface area contributed by atoms with E-state index in [1.54, 1.807) is 31.2 Å². The number of benzene rings is 3. The van der Waals surface area contributed by atoms with Crippen molar-refractivity contribution in [2.45, 2.75) is 17.1 Å². The molecule has 1 unspecified atom stereocenters. The fourth-order valence-corrected chi connectivity index (χ4v) is 3.92. The molecule has 3 N–H and O–H groups in total. The van der Waals surface area contributed by atoms with Gasteiger partial charge in [0.15, 0.2) is 0 Å². The first-order valence-electron chi connectivity index (χ1n) is 9.80. The third-order valence-corrected chi connectivity index (χ3v) is 6.02. The first kappa shape index (κ1) is 24.7. The monoisotopic (exact) mass is 499 g/mol. The molecule has 0 bridgehead atoms. The van der Waals surface area contributed by atoms with Crippen molar-refractivity contribution < 1.29 is 24.4 Å². The summed E-state index contributed by atoms with van der Waals surface area (Å²) in [6.07, 6.45) is 0. The first-order valence-corrected chi connectivity index (χ1v) is 11.1. The average molecular weight is 500 g/mol. The van der Waals surface area contributed by atoms with E-state index in [0.717, 1.165) is 4.90 Å². The van der Waals surface area contributed by atoms with Crippen molar-refractivity contribution in [2.75, 3.05) is 10.6 Å². The Kier molecular flexibility index (Phi) is 7.87. The van der Waals surface area contributed by atoms with Crippen LogP contribution in [-0.2, 0) is 4.79 Å². The predicted molar refractivity (Wildman–Crippen MR) is 130 cm³/mol. The van der Waals surface area contributed by atoms with Crippen LogP contribution < -0.4 is 10.6 Å². The number of non-ortho nitro benzene ring substituents is 1. The summed E-state index contributed by atoms with van der Waals surface area (Å²) < 4.78 is 0. The van der Waals surface area contributed by atoms with Gasteiger partial charge in [0.05, 0.1) is 20.8 Å². The van der Waals surface area contributed by atoms with Gasteiger partial charge < -0.3 is 15.7 Å². The Morgan fingerprint density at radius 3 is 2.32 bits per heavy atom. The van der Waals surface area contributed by atoms with Crippen molar-refractivity contribution in [3.8, 4) is 0 Å². The molecule has 0 spiro atoms. The van der Waals surface area contributed by atoms with E-state index in [-0.39, 0.29) is 27.7 Å². The van der Waals surface area contributed by atoms with Gasteiger partial charge in [-0.15, -0.1) is 11.8 Å². The van der Waals surface area contributed by atoms with Gasteiger partial charge in [-0.1, -0.05) is 17.7 Å². The SMILES string of the molecule is CC(Sc1ccc(NC(=O)c2cccc([N+](=O)[O-])c2)cc1)C(=O)Nc1ccc(Cl)c(C(=O)O)c1. The number of hydrogen-bond donors (Lipinski definition) is 3. The molecule has 0 radical (unpaired) electrons. The Morgan fingerprint density at radius 1 is 1.00 bits per heavy atom. The minimum atomic E-state index is -1.19. The number of nitrogens with one attached hydrogen (secondary N) is 2. The molecule has 11 heteroatoms. The smallest absolute Gasteiger partial charge is 0.337 e. The number of carbonyl (C=O) groups excluding carboxylic acids is 2. The third kappa shape index (κ3) is 6.33. The number of amides is 2. The highest BCUT2D eigenvalue weighted by molar-refractivity contribution is 8.00. The lowest BCUT2D eigenvalue weighted by Gasteiger charge is -2.13. The predicted octanol–water partition coefficient (Wildman–Crippen LogP) is 5.32. The van der Waals surface area contributed by atoms with E-state index in [1.165, 1.54) is 54.2 Å². The van der Waals surface area contributed by atoms with Gasteiger partial charge in [0, 0.05) is 34.0 Å². The van der Waals surface area contributed by atoms with E-state index < -0.39 is 22.0 Å². The normalized spacial score (nSPS) is 11.4.